The average molecular weight is 160 g/mol. The van der Waals surface area contributed by atoms with Crippen LogP contribution in [0.15, 0.2) is 0 Å². The van der Waals surface area contributed by atoms with Gasteiger partial charge in [-0.3, -0.25) is 15.3 Å². The molecule has 0 saturated heterocycles. The molecule has 1 atom stereocenters. The number of carbonyl (C=O) groups excluding carboxylic acids is 2. The minimum absolute atomic E-state index is 0.0476. The molecule has 0 saturated carbocycles. The van der Waals surface area contributed by atoms with E-state index < -0.39 is 17.5 Å². The number of hydrogen-bond donors (Lipinski definition) is 3. The Kier molecular flexibility index (Phi) is 2.70. The quantitative estimate of drug-likeness (QED) is 0.253. The Morgan fingerprint density at radius 2 is 2.09 bits per heavy atom. The topological polar surface area (TPSA) is 109 Å². The van der Waals surface area contributed by atoms with Crippen LogP contribution in [0.4, 0.5) is 0 Å². The molecule has 0 heterocycles. The van der Waals surface area contributed by atoms with Gasteiger partial charge in [0, 0.05) is 0 Å². The van der Waals surface area contributed by atoms with E-state index in [9.17, 15) is 14.4 Å². The second-order valence-corrected chi connectivity index (χ2v) is 2.11. The van der Waals surface area contributed by atoms with Crippen LogP contribution in [0.3, 0.4) is 0 Å². The maximum atomic E-state index is 10.3. The Bertz CT molecular complexity index is 199. The van der Waals surface area contributed by atoms with Gasteiger partial charge in [0.15, 0.2) is 5.66 Å². The highest BCUT2D eigenvalue weighted by Gasteiger charge is 2.29. The molecule has 0 aromatic rings. The largest absolute Gasteiger partial charge is 0.479 e. The lowest BCUT2D eigenvalue weighted by molar-refractivity contribution is -0.147. The van der Waals surface area contributed by atoms with E-state index in [4.69, 9.17) is 10.8 Å². The SMILES string of the molecule is CC(N)(NC(=O)C=O)C(=O)O. The summed E-state index contributed by atoms with van der Waals surface area (Å²) in [5, 5.41) is 10.1. The van der Waals surface area contributed by atoms with Crippen LogP contribution in [-0.4, -0.2) is 28.9 Å². The van der Waals surface area contributed by atoms with Crippen LogP contribution in [0, 0.1) is 0 Å². The van der Waals surface area contributed by atoms with E-state index in [0.29, 0.717) is 0 Å². The molecule has 6 nitrogen and oxygen atoms in total. The minimum Gasteiger partial charge on any atom is -0.479 e. The number of amides is 1. The highest BCUT2D eigenvalue weighted by Crippen LogP contribution is 1.91. The summed E-state index contributed by atoms with van der Waals surface area (Å²) in [7, 11) is 0. The molecule has 6 heteroatoms. The molecule has 0 spiro atoms. The number of nitrogens with one attached hydrogen (secondary N) is 1. The second-order valence-electron chi connectivity index (χ2n) is 2.11. The Morgan fingerprint density at radius 1 is 1.64 bits per heavy atom. The van der Waals surface area contributed by atoms with Crippen molar-refractivity contribution in [1.29, 1.82) is 0 Å². The first-order valence-corrected chi connectivity index (χ1v) is 2.69. The predicted octanol–water partition coefficient (Wildman–Crippen LogP) is -1.94. The van der Waals surface area contributed by atoms with E-state index in [1.807, 2.05) is 0 Å². The Hall–Kier alpha value is -1.43. The van der Waals surface area contributed by atoms with Crippen molar-refractivity contribution in [2.24, 2.45) is 5.73 Å². The third-order valence-electron chi connectivity index (χ3n) is 0.934. The zero-order valence-electron chi connectivity index (χ0n) is 5.83. The molecule has 1 unspecified atom stereocenters. The molecular formula is C5H8N2O4. The fraction of sp³-hybridized carbons (Fsp3) is 0.400. The van der Waals surface area contributed by atoms with Gasteiger partial charge in [0.05, 0.1) is 0 Å². The van der Waals surface area contributed by atoms with E-state index in [2.05, 4.69) is 0 Å². The fourth-order valence-electron chi connectivity index (χ4n) is 0.339. The molecule has 11 heavy (non-hydrogen) atoms. The van der Waals surface area contributed by atoms with Gasteiger partial charge in [-0.1, -0.05) is 0 Å². The monoisotopic (exact) mass is 160 g/mol. The number of aldehydes is 1. The van der Waals surface area contributed by atoms with E-state index in [-0.39, 0.29) is 6.29 Å². The number of rotatable bonds is 3. The fourth-order valence-corrected chi connectivity index (χ4v) is 0.339. The van der Waals surface area contributed by atoms with Crippen molar-refractivity contribution in [2.75, 3.05) is 0 Å². The van der Waals surface area contributed by atoms with Gasteiger partial charge in [-0.15, -0.1) is 0 Å². The van der Waals surface area contributed by atoms with Gasteiger partial charge >= 0.3 is 5.97 Å². The van der Waals surface area contributed by atoms with Crippen LogP contribution in [0.1, 0.15) is 6.92 Å². The number of carboxylic acids is 1. The maximum absolute atomic E-state index is 10.3. The van der Waals surface area contributed by atoms with Crippen LogP contribution >= 0.6 is 0 Å². The Morgan fingerprint density at radius 3 is 2.36 bits per heavy atom. The van der Waals surface area contributed by atoms with Gasteiger partial charge in [0.25, 0.3) is 5.91 Å². The van der Waals surface area contributed by atoms with Crippen molar-refractivity contribution >= 4 is 18.2 Å². The van der Waals surface area contributed by atoms with Crippen LogP contribution in [0.2, 0.25) is 0 Å². The molecule has 0 bridgehead atoms. The highest BCUT2D eigenvalue weighted by atomic mass is 16.4. The summed E-state index contributed by atoms with van der Waals surface area (Å²) >= 11 is 0. The number of nitrogens with two attached hydrogens (primary N) is 1. The standard InChI is InChI=1S/C5H8N2O4/c1-5(6,4(10)11)7-3(9)2-8/h2H,6H2,1H3,(H,7,9)(H,10,11). The number of carboxylic acid groups (broad SMARTS) is 1. The van der Waals surface area contributed by atoms with Crippen LogP contribution in [0.5, 0.6) is 0 Å². The summed E-state index contributed by atoms with van der Waals surface area (Å²) in [6.45, 7) is 1.07. The van der Waals surface area contributed by atoms with Crippen LogP contribution in [0.25, 0.3) is 0 Å². The van der Waals surface area contributed by atoms with E-state index in [0.717, 1.165) is 6.92 Å². The molecule has 0 aliphatic heterocycles. The zero-order chi connectivity index (χ0) is 9.07. The van der Waals surface area contributed by atoms with Crippen molar-refractivity contribution in [3.05, 3.63) is 0 Å². The molecule has 4 N–H and O–H groups in total. The summed E-state index contributed by atoms with van der Waals surface area (Å²) in [5.74, 6) is -2.47. The lowest BCUT2D eigenvalue weighted by Gasteiger charge is -2.18. The molecule has 0 aliphatic carbocycles. The number of carbonyl (C=O) groups is 3. The first-order valence-electron chi connectivity index (χ1n) is 2.69. The van der Waals surface area contributed by atoms with E-state index in [1.165, 1.54) is 0 Å². The van der Waals surface area contributed by atoms with Crippen LogP contribution < -0.4 is 11.1 Å². The molecule has 0 radical (unpaired) electrons. The van der Waals surface area contributed by atoms with Gasteiger partial charge < -0.3 is 10.4 Å². The number of aliphatic carboxylic acids is 1. The smallest absolute Gasteiger partial charge is 0.344 e. The third kappa shape index (κ3) is 2.76. The van der Waals surface area contributed by atoms with Gasteiger partial charge in [-0.05, 0) is 6.92 Å². The summed E-state index contributed by atoms with van der Waals surface area (Å²) < 4.78 is 0. The molecule has 1 amide bonds. The summed E-state index contributed by atoms with van der Waals surface area (Å²) in [6, 6.07) is 0. The summed E-state index contributed by atoms with van der Waals surface area (Å²) in [6.07, 6.45) is -0.0476. The second kappa shape index (κ2) is 3.11. The molecule has 0 aromatic heterocycles. The molecule has 0 aliphatic rings. The maximum Gasteiger partial charge on any atom is 0.344 e. The molecular weight excluding hydrogens is 152 g/mol. The van der Waals surface area contributed by atoms with E-state index in [1.54, 1.807) is 5.32 Å². The molecule has 0 fully saturated rings. The van der Waals surface area contributed by atoms with Crippen molar-refractivity contribution in [1.82, 2.24) is 5.32 Å². The number of hydrogen-bond acceptors (Lipinski definition) is 4. The summed E-state index contributed by atoms with van der Waals surface area (Å²) in [4.78, 5) is 30.3. The first-order chi connectivity index (χ1) is 4.90. The average Bonchev–Trinajstić information content (AvgIpc) is 1.86. The van der Waals surface area contributed by atoms with E-state index >= 15 is 0 Å². The Labute approximate surface area is 62.4 Å². The van der Waals surface area contributed by atoms with Gasteiger partial charge in [0.2, 0.25) is 6.29 Å². The van der Waals surface area contributed by atoms with Crippen molar-refractivity contribution in [2.45, 2.75) is 12.6 Å². The van der Waals surface area contributed by atoms with Crippen molar-refractivity contribution < 1.29 is 19.5 Å². The van der Waals surface area contributed by atoms with Crippen molar-refractivity contribution in [3.8, 4) is 0 Å². The lowest BCUT2D eigenvalue weighted by atomic mass is 10.2. The first kappa shape index (κ1) is 9.57. The van der Waals surface area contributed by atoms with Gasteiger partial charge in [-0.2, -0.15) is 0 Å². The van der Waals surface area contributed by atoms with Crippen LogP contribution in [-0.2, 0) is 14.4 Å². The van der Waals surface area contributed by atoms with Gasteiger partial charge in [0.1, 0.15) is 0 Å². The molecule has 0 rings (SSSR count). The normalized spacial score (nSPS) is 14.7. The predicted molar refractivity (Wildman–Crippen MR) is 34.4 cm³/mol. The molecule has 62 valence electrons. The minimum atomic E-state index is -1.89. The third-order valence-corrected chi connectivity index (χ3v) is 0.934. The molecule has 0 aromatic carbocycles. The highest BCUT2D eigenvalue weighted by molar-refractivity contribution is 6.24. The lowest BCUT2D eigenvalue weighted by Crippen LogP contribution is -2.59. The summed E-state index contributed by atoms with van der Waals surface area (Å²) in [5.41, 5.74) is 3.15. The zero-order valence-corrected chi connectivity index (χ0v) is 5.83. The van der Waals surface area contributed by atoms with Gasteiger partial charge in [-0.25, -0.2) is 4.79 Å². The van der Waals surface area contributed by atoms with Crippen molar-refractivity contribution in [3.63, 3.8) is 0 Å². The Balaban J connectivity index is 4.23.